The van der Waals surface area contributed by atoms with Gasteiger partial charge in [0, 0.05) is 6.54 Å². The number of hydrogen-bond acceptors (Lipinski definition) is 2. The van der Waals surface area contributed by atoms with Gasteiger partial charge in [-0.1, -0.05) is 0 Å². The fourth-order valence-corrected chi connectivity index (χ4v) is 2.00. The molecule has 0 saturated heterocycles. The van der Waals surface area contributed by atoms with Crippen LogP contribution in [-0.2, 0) is 4.79 Å². The Bertz CT molecular complexity index is 208. The summed E-state index contributed by atoms with van der Waals surface area (Å²) in [6.07, 6.45) is 1.02. The van der Waals surface area contributed by atoms with Crippen LogP contribution in [0.4, 0.5) is 4.39 Å². The molecule has 4 heteroatoms. The number of nitrogens with zero attached hydrogens (tertiary/aromatic N) is 1. The predicted octanol–water partition coefficient (Wildman–Crippen LogP) is 1.14. The molecule has 0 heterocycles. The second-order valence-electron chi connectivity index (χ2n) is 4.17. The van der Waals surface area contributed by atoms with E-state index in [1.807, 2.05) is 0 Å². The molecule has 2 atom stereocenters. The Morgan fingerprint density at radius 3 is 2.69 bits per heavy atom. The van der Waals surface area contributed by atoms with Gasteiger partial charge in [-0.3, -0.25) is 4.79 Å². The lowest BCUT2D eigenvalue weighted by molar-refractivity contribution is -0.141. The summed E-state index contributed by atoms with van der Waals surface area (Å²) >= 11 is 0. The molecule has 0 aromatic heterocycles. The van der Waals surface area contributed by atoms with Crippen molar-refractivity contribution in [2.45, 2.75) is 24.9 Å². The Hall–Kier alpha value is -0.640. The van der Waals surface area contributed by atoms with Gasteiger partial charge in [0.15, 0.2) is 0 Å². The highest BCUT2D eigenvalue weighted by Gasteiger charge is 2.42. The Balaban J connectivity index is 2.51. The molecular formula is C9H16FNO2. The Morgan fingerprint density at radius 1 is 1.69 bits per heavy atom. The van der Waals surface area contributed by atoms with Crippen molar-refractivity contribution in [3.8, 4) is 0 Å². The first kappa shape index (κ1) is 10.4. The fraction of sp³-hybridized carbons (Fsp3) is 0.889. The van der Waals surface area contributed by atoms with E-state index in [0.29, 0.717) is 19.4 Å². The third-order valence-electron chi connectivity index (χ3n) is 2.50. The monoisotopic (exact) mass is 189 g/mol. The van der Waals surface area contributed by atoms with Crippen molar-refractivity contribution in [1.82, 2.24) is 4.90 Å². The second-order valence-corrected chi connectivity index (χ2v) is 4.17. The van der Waals surface area contributed by atoms with Gasteiger partial charge in [-0.15, -0.1) is 0 Å². The van der Waals surface area contributed by atoms with Crippen molar-refractivity contribution in [3.05, 3.63) is 0 Å². The molecule has 1 aliphatic rings. The minimum atomic E-state index is -1.29. The van der Waals surface area contributed by atoms with Gasteiger partial charge in [0.2, 0.25) is 0 Å². The molecule has 2 unspecified atom stereocenters. The predicted molar refractivity (Wildman–Crippen MR) is 47.4 cm³/mol. The fourth-order valence-electron chi connectivity index (χ4n) is 2.00. The van der Waals surface area contributed by atoms with Crippen molar-refractivity contribution >= 4 is 5.97 Å². The number of hydrogen-bond donors (Lipinski definition) is 1. The number of halogens is 1. The van der Waals surface area contributed by atoms with Gasteiger partial charge in [0.05, 0.1) is 5.92 Å². The van der Waals surface area contributed by atoms with E-state index in [9.17, 15) is 9.18 Å². The largest absolute Gasteiger partial charge is 0.481 e. The summed E-state index contributed by atoms with van der Waals surface area (Å²) in [5, 5.41) is 8.70. The van der Waals surface area contributed by atoms with Crippen LogP contribution in [0.2, 0.25) is 0 Å². The van der Waals surface area contributed by atoms with Crippen LogP contribution in [0.1, 0.15) is 19.3 Å². The van der Waals surface area contributed by atoms with Crippen molar-refractivity contribution in [1.29, 1.82) is 0 Å². The quantitative estimate of drug-likeness (QED) is 0.723. The average Bonchev–Trinajstić information content (AvgIpc) is 2.29. The van der Waals surface area contributed by atoms with Crippen LogP contribution >= 0.6 is 0 Å². The molecule has 0 amide bonds. The molecule has 3 nitrogen and oxygen atoms in total. The topological polar surface area (TPSA) is 40.5 Å². The van der Waals surface area contributed by atoms with Gasteiger partial charge >= 0.3 is 5.97 Å². The first-order valence-electron chi connectivity index (χ1n) is 4.49. The summed E-state index contributed by atoms with van der Waals surface area (Å²) in [5.74, 6) is -1.34. The second kappa shape index (κ2) is 3.62. The summed E-state index contributed by atoms with van der Waals surface area (Å²) < 4.78 is 13.9. The van der Waals surface area contributed by atoms with E-state index in [0.717, 1.165) is 0 Å². The van der Waals surface area contributed by atoms with E-state index in [2.05, 4.69) is 0 Å². The zero-order chi connectivity index (χ0) is 10.1. The maximum Gasteiger partial charge on any atom is 0.306 e. The molecule has 0 radical (unpaired) electrons. The lowest BCUT2D eigenvalue weighted by atomic mass is 10.0. The maximum atomic E-state index is 13.9. The molecule has 1 saturated carbocycles. The normalized spacial score (nSPS) is 34.0. The van der Waals surface area contributed by atoms with Crippen molar-refractivity contribution in [2.75, 3.05) is 20.6 Å². The average molecular weight is 189 g/mol. The van der Waals surface area contributed by atoms with Crippen molar-refractivity contribution in [2.24, 2.45) is 5.92 Å². The number of carboxylic acids is 1. The first-order chi connectivity index (χ1) is 5.93. The van der Waals surface area contributed by atoms with Gasteiger partial charge in [0.25, 0.3) is 0 Å². The van der Waals surface area contributed by atoms with Gasteiger partial charge in [-0.05, 0) is 33.4 Å². The summed E-state index contributed by atoms with van der Waals surface area (Å²) in [4.78, 5) is 12.4. The van der Waals surface area contributed by atoms with E-state index in [1.165, 1.54) is 0 Å². The van der Waals surface area contributed by atoms with E-state index in [4.69, 9.17) is 5.11 Å². The zero-order valence-corrected chi connectivity index (χ0v) is 8.09. The van der Waals surface area contributed by atoms with Crippen LogP contribution in [0.25, 0.3) is 0 Å². The lowest BCUT2D eigenvalue weighted by Crippen LogP contribution is -2.34. The molecule has 0 aromatic rings. The first-order valence-corrected chi connectivity index (χ1v) is 4.49. The molecule has 1 N–H and O–H groups in total. The molecule has 13 heavy (non-hydrogen) atoms. The molecule has 1 fully saturated rings. The number of rotatable bonds is 3. The molecule has 1 rings (SSSR count). The smallest absolute Gasteiger partial charge is 0.306 e. The maximum absolute atomic E-state index is 13.9. The van der Waals surface area contributed by atoms with Gasteiger partial charge in [-0.25, -0.2) is 4.39 Å². The van der Waals surface area contributed by atoms with E-state index >= 15 is 0 Å². The molecule has 76 valence electrons. The van der Waals surface area contributed by atoms with Crippen LogP contribution in [0, 0.1) is 5.92 Å². The van der Waals surface area contributed by atoms with Gasteiger partial charge in [0.1, 0.15) is 5.67 Å². The van der Waals surface area contributed by atoms with E-state index < -0.39 is 17.6 Å². The Morgan fingerprint density at radius 2 is 2.31 bits per heavy atom. The van der Waals surface area contributed by atoms with Crippen LogP contribution in [-0.4, -0.2) is 42.3 Å². The molecule has 0 aliphatic heterocycles. The molecule has 1 aliphatic carbocycles. The number of carboxylic acid groups (broad SMARTS) is 1. The van der Waals surface area contributed by atoms with Gasteiger partial charge < -0.3 is 10.0 Å². The van der Waals surface area contributed by atoms with Gasteiger partial charge in [-0.2, -0.15) is 0 Å². The standard InChI is InChI=1S/C9H16FNO2/c1-11(2)6-9(10)4-3-7(5-9)8(12)13/h7H,3-6H2,1-2H3,(H,12,13). The van der Waals surface area contributed by atoms with Crippen LogP contribution in [0.3, 0.4) is 0 Å². The minimum Gasteiger partial charge on any atom is -0.481 e. The van der Waals surface area contributed by atoms with E-state index in [1.54, 1.807) is 19.0 Å². The minimum absolute atomic E-state index is 0.167. The van der Waals surface area contributed by atoms with Crippen LogP contribution in [0.5, 0.6) is 0 Å². The van der Waals surface area contributed by atoms with Crippen LogP contribution < -0.4 is 0 Å². The van der Waals surface area contributed by atoms with Crippen molar-refractivity contribution in [3.63, 3.8) is 0 Å². The summed E-state index contributed by atoms with van der Waals surface area (Å²) in [7, 11) is 3.60. The summed E-state index contributed by atoms with van der Waals surface area (Å²) in [6.45, 7) is 0.330. The lowest BCUT2D eigenvalue weighted by Gasteiger charge is -2.23. The number of alkyl halides is 1. The SMILES string of the molecule is CN(C)CC1(F)CCC(C(=O)O)C1. The molecule has 0 bridgehead atoms. The summed E-state index contributed by atoms with van der Waals surface area (Å²) in [5.41, 5.74) is -1.29. The Labute approximate surface area is 77.5 Å². The van der Waals surface area contributed by atoms with E-state index in [-0.39, 0.29) is 6.42 Å². The Kier molecular flexibility index (Phi) is 2.91. The van der Waals surface area contributed by atoms with Crippen LogP contribution in [0.15, 0.2) is 0 Å². The highest BCUT2D eigenvalue weighted by molar-refractivity contribution is 5.70. The number of carbonyl (C=O) groups is 1. The third-order valence-corrected chi connectivity index (χ3v) is 2.50. The number of aliphatic carboxylic acids is 1. The zero-order valence-electron chi connectivity index (χ0n) is 8.09. The third kappa shape index (κ3) is 2.66. The highest BCUT2D eigenvalue weighted by Crippen LogP contribution is 2.38. The summed E-state index contributed by atoms with van der Waals surface area (Å²) in [6, 6.07) is 0. The van der Waals surface area contributed by atoms with Crippen molar-refractivity contribution < 1.29 is 14.3 Å². The molecule has 0 spiro atoms. The molecule has 0 aromatic carbocycles. The molecular weight excluding hydrogens is 173 g/mol. The highest BCUT2D eigenvalue weighted by atomic mass is 19.1.